The van der Waals surface area contributed by atoms with Crippen LogP contribution in [0.1, 0.15) is 5.56 Å². The lowest BCUT2D eigenvalue weighted by Gasteiger charge is -2.12. The minimum atomic E-state index is -4.66. The SMILES string of the molecule is ClCCl.Nc1ncnc2scc(-c3ccc(NC(=O)Nc4cc(C(F)(F)F)ccc4F)cc3)c12. The topological polar surface area (TPSA) is 92.9 Å². The summed E-state index contributed by atoms with van der Waals surface area (Å²) >= 11 is 10.9. The fourth-order valence-electron chi connectivity index (χ4n) is 2.93. The Hall–Kier alpha value is -3.15. The van der Waals surface area contributed by atoms with Gasteiger partial charge in [-0.2, -0.15) is 13.2 Å². The van der Waals surface area contributed by atoms with Gasteiger partial charge in [0.25, 0.3) is 0 Å². The van der Waals surface area contributed by atoms with Crippen molar-refractivity contribution < 1.29 is 22.4 Å². The minimum Gasteiger partial charge on any atom is -0.383 e. The summed E-state index contributed by atoms with van der Waals surface area (Å²) in [5.41, 5.74) is 6.30. The van der Waals surface area contributed by atoms with E-state index in [1.54, 1.807) is 24.3 Å². The molecule has 0 bridgehead atoms. The molecule has 6 nitrogen and oxygen atoms in total. The first-order valence-corrected chi connectivity index (χ1v) is 11.2. The Morgan fingerprint density at radius 2 is 1.74 bits per heavy atom. The number of hydrogen-bond donors (Lipinski definition) is 3. The van der Waals surface area contributed by atoms with Gasteiger partial charge in [0.05, 0.1) is 22.0 Å². The van der Waals surface area contributed by atoms with Gasteiger partial charge in [-0.15, -0.1) is 34.5 Å². The standard InChI is InChI=1S/C20H13F4N5OS.CH2Cl2/c21-14-6-3-11(20(22,23)24)7-15(14)29-19(30)28-12-4-1-10(2-5-12)13-8-31-18-16(13)17(25)26-9-27-18;2-1-3/h1-9H,(H2,25,26,27)(H2,28,29,30);1H2. The molecule has 2 aromatic heterocycles. The van der Waals surface area contributed by atoms with Crippen LogP contribution in [0.15, 0.2) is 54.2 Å². The minimum absolute atomic E-state index is 0.194. The number of nitrogens with two attached hydrogens (primary N) is 1. The van der Waals surface area contributed by atoms with Crippen LogP contribution in [0.4, 0.5) is 39.5 Å². The summed E-state index contributed by atoms with van der Waals surface area (Å²) in [6.07, 6.45) is -3.27. The summed E-state index contributed by atoms with van der Waals surface area (Å²) in [4.78, 5) is 21.0. The molecule has 0 radical (unpaired) electrons. The van der Waals surface area contributed by atoms with Crippen LogP contribution >= 0.6 is 34.5 Å². The molecule has 2 heterocycles. The third-order valence-corrected chi connectivity index (χ3v) is 5.28. The van der Waals surface area contributed by atoms with Crippen molar-refractivity contribution in [3.05, 3.63) is 65.6 Å². The molecule has 0 saturated carbocycles. The van der Waals surface area contributed by atoms with Gasteiger partial charge in [-0.3, -0.25) is 0 Å². The molecule has 0 aliphatic heterocycles. The fourth-order valence-corrected chi connectivity index (χ4v) is 3.85. The van der Waals surface area contributed by atoms with Crippen molar-refractivity contribution in [2.45, 2.75) is 6.18 Å². The molecule has 2 aromatic carbocycles. The number of nitrogens with one attached hydrogen (secondary N) is 2. The molecule has 0 saturated heterocycles. The first-order valence-electron chi connectivity index (χ1n) is 9.28. The molecular formula is C21H15Cl2F4N5OS. The highest BCUT2D eigenvalue weighted by molar-refractivity contribution is 7.17. The van der Waals surface area contributed by atoms with Crippen LogP contribution in [0.5, 0.6) is 0 Å². The summed E-state index contributed by atoms with van der Waals surface area (Å²) in [6.45, 7) is 0. The van der Waals surface area contributed by atoms with Gasteiger partial charge in [0, 0.05) is 16.6 Å². The van der Waals surface area contributed by atoms with Crippen LogP contribution in [-0.4, -0.2) is 21.3 Å². The maximum Gasteiger partial charge on any atom is 0.416 e. The van der Waals surface area contributed by atoms with Gasteiger partial charge in [-0.05, 0) is 35.9 Å². The second kappa shape index (κ2) is 10.9. The van der Waals surface area contributed by atoms with Crippen molar-refractivity contribution >= 4 is 68.0 Å². The molecule has 0 spiro atoms. The number of alkyl halides is 5. The highest BCUT2D eigenvalue weighted by atomic mass is 35.5. The number of hydrogen-bond acceptors (Lipinski definition) is 5. The van der Waals surface area contributed by atoms with Crippen LogP contribution in [-0.2, 0) is 6.18 Å². The zero-order valence-corrected chi connectivity index (χ0v) is 19.3. The van der Waals surface area contributed by atoms with E-state index in [9.17, 15) is 22.4 Å². The Labute approximate surface area is 204 Å². The van der Waals surface area contributed by atoms with E-state index in [4.69, 9.17) is 28.9 Å². The lowest BCUT2D eigenvalue weighted by Crippen LogP contribution is -2.20. The highest BCUT2D eigenvalue weighted by Crippen LogP contribution is 2.36. The normalized spacial score (nSPS) is 11.0. The maximum atomic E-state index is 13.8. The number of carbonyl (C=O) groups excluding carboxylic acids is 1. The first-order chi connectivity index (χ1) is 16.1. The average molecular weight is 532 g/mol. The summed E-state index contributed by atoms with van der Waals surface area (Å²) in [7, 11) is 0. The smallest absolute Gasteiger partial charge is 0.383 e. The fraction of sp³-hybridized carbons (Fsp3) is 0.0952. The van der Waals surface area contributed by atoms with E-state index in [0.29, 0.717) is 29.7 Å². The molecule has 0 unspecified atom stereocenters. The summed E-state index contributed by atoms with van der Waals surface area (Å²) in [6, 6.07) is 7.55. The number of halogens is 6. The number of aromatic nitrogens is 2. The van der Waals surface area contributed by atoms with E-state index in [1.165, 1.54) is 17.7 Å². The maximum absolute atomic E-state index is 13.8. The average Bonchev–Trinajstić information content (AvgIpc) is 3.21. The van der Waals surface area contributed by atoms with Gasteiger partial charge in [0.15, 0.2) is 0 Å². The lowest BCUT2D eigenvalue weighted by molar-refractivity contribution is -0.137. The van der Waals surface area contributed by atoms with E-state index in [0.717, 1.165) is 21.3 Å². The third-order valence-electron chi connectivity index (χ3n) is 4.40. The molecular weight excluding hydrogens is 517 g/mol. The van der Waals surface area contributed by atoms with Crippen molar-refractivity contribution in [3.63, 3.8) is 0 Å². The molecule has 178 valence electrons. The Kier molecular flexibility index (Phi) is 8.13. The predicted molar refractivity (Wildman–Crippen MR) is 128 cm³/mol. The zero-order valence-electron chi connectivity index (χ0n) is 17.0. The molecule has 4 N–H and O–H groups in total. The van der Waals surface area contributed by atoms with E-state index in [-0.39, 0.29) is 5.34 Å². The van der Waals surface area contributed by atoms with Crippen molar-refractivity contribution in [1.82, 2.24) is 9.97 Å². The number of rotatable bonds is 3. The number of fused-ring (bicyclic) bond motifs is 1. The number of amides is 2. The van der Waals surface area contributed by atoms with Crippen LogP contribution in [0.25, 0.3) is 21.3 Å². The van der Waals surface area contributed by atoms with Gasteiger partial charge >= 0.3 is 12.2 Å². The van der Waals surface area contributed by atoms with E-state index in [1.807, 2.05) is 5.38 Å². The Morgan fingerprint density at radius 1 is 1.06 bits per heavy atom. The second-order valence-electron chi connectivity index (χ2n) is 6.54. The number of thiophene rings is 1. The molecule has 0 fully saturated rings. The molecule has 0 aliphatic rings. The van der Waals surface area contributed by atoms with Gasteiger partial charge in [0.1, 0.15) is 22.8 Å². The van der Waals surface area contributed by atoms with Crippen molar-refractivity contribution in [2.24, 2.45) is 0 Å². The summed E-state index contributed by atoms with van der Waals surface area (Å²) < 4.78 is 52.2. The lowest BCUT2D eigenvalue weighted by atomic mass is 10.1. The number of urea groups is 1. The Balaban J connectivity index is 0.00000103. The zero-order chi connectivity index (χ0) is 24.9. The van der Waals surface area contributed by atoms with Crippen LogP contribution in [0.2, 0.25) is 0 Å². The van der Waals surface area contributed by atoms with E-state index in [2.05, 4.69) is 20.6 Å². The van der Waals surface area contributed by atoms with Crippen LogP contribution in [0.3, 0.4) is 0 Å². The number of anilines is 3. The largest absolute Gasteiger partial charge is 0.416 e. The summed E-state index contributed by atoms with van der Waals surface area (Å²) in [5.74, 6) is -0.631. The van der Waals surface area contributed by atoms with Gasteiger partial charge < -0.3 is 16.4 Å². The van der Waals surface area contributed by atoms with Gasteiger partial charge in [-0.25, -0.2) is 19.2 Å². The molecule has 4 aromatic rings. The first kappa shape index (κ1) is 25.5. The van der Waals surface area contributed by atoms with Crippen LogP contribution in [0, 0.1) is 5.82 Å². The van der Waals surface area contributed by atoms with Gasteiger partial charge in [0.2, 0.25) is 0 Å². The summed E-state index contributed by atoms with van der Waals surface area (Å²) in [5, 5.41) is 7.35. The molecule has 34 heavy (non-hydrogen) atoms. The molecule has 4 rings (SSSR count). The highest BCUT2D eigenvalue weighted by Gasteiger charge is 2.31. The van der Waals surface area contributed by atoms with Crippen molar-refractivity contribution in [3.8, 4) is 11.1 Å². The molecule has 2 amide bonds. The second-order valence-corrected chi connectivity index (χ2v) is 8.20. The van der Waals surface area contributed by atoms with E-state index < -0.39 is 29.3 Å². The van der Waals surface area contributed by atoms with E-state index >= 15 is 0 Å². The Bertz CT molecular complexity index is 1300. The number of benzene rings is 2. The number of nitrogens with zero attached hydrogens (tertiary/aromatic N) is 2. The monoisotopic (exact) mass is 531 g/mol. The molecule has 13 heteroatoms. The number of nitrogen functional groups attached to an aromatic ring is 1. The van der Waals surface area contributed by atoms with Crippen molar-refractivity contribution in [2.75, 3.05) is 21.7 Å². The quantitative estimate of drug-likeness (QED) is 0.193. The van der Waals surface area contributed by atoms with Crippen LogP contribution < -0.4 is 16.4 Å². The predicted octanol–water partition coefficient (Wildman–Crippen LogP) is 7.16. The number of carbonyl (C=O) groups is 1. The van der Waals surface area contributed by atoms with Crippen molar-refractivity contribution in [1.29, 1.82) is 0 Å². The Morgan fingerprint density at radius 3 is 2.38 bits per heavy atom. The van der Waals surface area contributed by atoms with Gasteiger partial charge in [-0.1, -0.05) is 12.1 Å². The molecule has 0 aliphatic carbocycles. The third kappa shape index (κ3) is 6.04. The molecule has 0 atom stereocenters.